The highest BCUT2D eigenvalue weighted by molar-refractivity contribution is 6.06. The van der Waals surface area contributed by atoms with Crippen molar-refractivity contribution in [3.8, 4) is 5.75 Å². The summed E-state index contributed by atoms with van der Waals surface area (Å²) in [6.45, 7) is 0.630. The minimum absolute atomic E-state index is 0.234. The highest BCUT2D eigenvalue weighted by Crippen LogP contribution is 2.38. The molecular formula is C23H21N3O3. The molecule has 3 aromatic carbocycles. The van der Waals surface area contributed by atoms with Crippen LogP contribution in [0.25, 0.3) is 0 Å². The third kappa shape index (κ3) is 4.06. The lowest BCUT2D eigenvalue weighted by molar-refractivity contribution is -0.119. The van der Waals surface area contributed by atoms with Crippen LogP contribution in [0.1, 0.15) is 15.9 Å². The molecule has 0 bridgehead atoms. The number of nitrogens with one attached hydrogen (secondary N) is 1. The zero-order valence-corrected chi connectivity index (χ0v) is 15.8. The molecule has 3 N–H and O–H groups in total. The first-order valence-corrected chi connectivity index (χ1v) is 9.39. The number of benzene rings is 3. The molecule has 1 heterocycles. The van der Waals surface area contributed by atoms with Crippen molar-refractivity contribution in [2.75, 3.05) is 23.4 Å². The molecular weight excluding hydrogens is 366 g/mol. The first-order valence-electron chi connectivity index (χ1n) is 9.39. The number of carbonyl (C=O) groups excluding carboxylic acids is 2. The molecule has 0 radical (unpaired) electrons. The van der Waals surface area contributed by atoms with Gasteiger partial charge in [0.05, 0.1) is 11.4 Å². The van der Waals surface area contributed by atoms with Gasteiger partial charge in [-0.05, 0) is 48.4 Å². The maximum atomic E-state index is 12.8. The molecule has 0 unspecified atom stereocenters. The average molecular weight is 387 g/mol. The number of para-hydroxylation sites is 3. The highest BCUT2D eigenvalue weighted by Gasteiger charge is 2.22. The molecule has 0 atom stereocenters. The molecule has 1 aliphatic heterocycles. The first-order chi connectivity index (χ1) is 14.1. The van der Waals surface area contributed by atoms with Gasteiger partial charge < -0.3 is 20.7 Å². The maximum absolute atomic E-state index is 12.8. The van der Waals surface area contributed by atoms with Gasteiger partial charge in [-0.1, -0.05) is 36.4 Å². The summed E-state index contributed by atoms with van der Waals surface area (Å²) in [4.78, 5) is 26.0. The van der Waals surface area contributed by atoms with Gasteiger partial charge in [0, 0.05) is 17.8 Å². The second-order valence-electron chi connectivity index (χ2n) is 6.78. The number of nitrogens with two attached hydrogens (primary N) is 1. The maximum Gasteiger partial charge on any atom is 0.255 e. The van der Waals surface area contributed by atoms with E-state index in [0.29, 0.717) is 11.3 Å². The lowest BCUT2D eigenvalue weighted by atomic mass is 10.1. The molecule has 0 aromatic heterocycles. The molecule has 6 heteroatoms. The van der Waals surface area contributed by atoms with Crippen LogP contribution in [-0.2, 0) is 11.2 Å². The van der Waals surface area contributed by atoms with Crippen LogP contribution in [0.2, 0.25) is 0 Å². The van der Waals surface area contributed by atoms with Crippen molar-refractivity contribution >= 4 is 28.9 Å². The fourth-order valence-electron chi connectivity index (χ4n) is 3.48. The van der Waals surface area contributed by atoms with Crippen LogP contribution in [-0.4, -0.2) is 25.0 Å². The van der Waals surface area contributed by atoms with Crippen LogP contribution < -0.4 is 20.7 Å². The predicted octanol–water partition coefficient (Wildman–Crippen LogP) is 3.50. The summed E-state index contributed by atoms with van der Waals surface area (Å²) in [6, 6.07) is 22.7. The van der Waals surface area contributed by atoms with Gasteiger partial charge in [0.25, 0.3) is 11.8 Å². The van der Waals surface area contributed by atoms with Crippen LogP contribution >= 0.6 is 0 Å². The molecule has 1 aliphatic rings. The standard InChI is InChI=1S/C23H21N3O3/c24-22(27)15-29-18-8-5-7-17(14-18)23(28)25-19-9-2-4-11-21(19)26-13-12-16-6-1-3-10-20(16)26/h1-11,14H,12-13,15H2,(H2,24,27)(H,25,28). The van der Waals surface area contributed by atoms with Crippen molar-refractivity contribution in [1.82, 2.24) is 0 Å². The van der Waals surface area contributed by atoms with E-state index >= 15 is 0 Å². The van der Waals surface area contributed by atoms with Gasteiger partial charge in [0.15, 0.2) is 6.61 Å². The highest BCUT2D eigenvalue weighted by atomic mass is 16.5. The van der Waals surface area contributed by atoms with E-state index < -0.39 is 5.91 Å². The van der Waals surface area contributed by atoms with E-state index in [1.54, 1.807) is 24.3 Å². The monoisotopic (exact) mass is 387 g/mol. The number of carbonyl (C=O) groups is 2. The molecule has 146 valence electrons. The van der Waals surface area contributed by atoms with Gasteiger partial charge >= 0.3 is 0 Å². The zero-order valence-electron chi connectivity index (χ0n) is 15.8. The zero-order chi connectivity index (χ0) is 20.2. The summed E-state index contributed by atoms with van der Waals surface area (Å²) in [7, 11) is 0. The number of amides is 2. The van der Waals surface area contributed by atoms with E-state index in [1.165, 1.54) is 5.56 Å². The quantitative estimate of drug-likeness (QED) is 0.678. The van der Waals surface area contributed by atoms with Gasteiger partial charge in [-0.2, -0.15) is 0 Å². The Hall–Kier alpha value is -3.80. The average Bonchev–Trinajstić information content (AvgIpc) is 3.17. The number of fused-ring (bicyclic) bond motifs is 1. The van der Waals surface area contributed by atoms with Crippen LogP contribution in [0.3, 0.4) is 0 Å². The van der Waals surface area contributed by atoms with Crippen molar-refractivity contribution in [1.29, 1.82) is 0 Å². The Bertz CT molecular complexity index is 1060. The summed E-state index contributed by atoms with van der Waals surface area (Å²) in [5, 5.41) is 3.00. The van der Waals surface area contributed by atoms with E-state index in [2.05, 4.69) is 22.3 Å². The van der Waals surface area contributed by atoms with Gasteiger partial charge in [-0.25, -0.2) is 0 Å². The molecule has 2 amide bonds. The second-order valence-corrected chi connectivity index (χ2v) is 6.78. The number of hydrogen-bond donors (Lipinski definition) is 2. The van der Waals surface area contributed by atoms with Crippen LogP contribution in [0, 0.1) is 0 Å². The fourth-order valence-corrected chi connectivity index (χ4v) is 3.48. The minimum Gasteiger partial charge on any atom is -0.484 e. The van der Waals surface area contributed by atoms with Crippen molar-refractivity contribution in [3.63, 3.8) is 0 Å². The van der Waals surface area contributed by atoms with Crippen LogP contribution in [0.15, 0.2) is 72.8 Å². The number of primary amides is 1. The van der Waals surface area contributed by atoms with Crippen molar-refractivity contribution in [2.24, 2.45) is 5.73 Å². The number of hydrogen-bond acceptors (Lipinski definition) is 4. The van der Waals surface area contributed by atoms with Crippen LogP contribution in [0.5, 0.6) is 5.75 Å². The summed E-state index contributed by atoms with van der Waals surface area (Å²) in [5.74, 6) is -0.410. The SMILES string of the molecule is NC(=O)COc1cccc(C(=O)Nc2ccccc2N2CCc3ccccc32)c1. The van der Waals surface area contributed by atoms with E-state index in [0.717, 1.165) is 30.0 Å². The summed E-state index contributed by atoms with van der Waals surface area (Å²) in [6.07, 6.45) is 0.970. The Balaban J connectivity index is 1.56. The second kappa shape index (κ2) is 8.06. The molecule has 0 saturated carbocycles. The fraction of sp³-hybridized carbons (Fsp3) is 0.130. The smallest absolute Gasteiger partial charge is 0.255 e. The predicted molar refractivity (Wildman–Crippen MR) is 113 cm³/mol. The lowest BCUT2D eigenvalue weighted by Crippen LogP contribution is -2.20. The number of anilines is 3. The molecule has 0 aliphatic carbocycles. The number of ether oxygens (including phenoxy) is 1. The lowest BCUT2D eigenvalue weighted by Gasteiger charge is -2.23. The van der Waals surface area contributed by atoms with Gasteiger partial charge in [0.1, 0.15) is 5.75 Å². The van der Waals surface area contributed by atoms with Crippen LogP contribution in [0.4, 0.5) is 17.1 Å². The van der Waals surface area contributed by atoms with Gasteiger partial charge in [0.2, 0.25) is 0 Å². The van der Waals surface area contributed by atoms with E-state index in [1.807, 2.05) is 36.4 Å². The summed E-state index contributed by atoms with van der Waals surface area (Å²) < 4.78 is 5.29. The molecule has 29 heavy (non-hydrogen) atoms. The Morgan fingerprint density at radius 2 is 1.72 bits per heavy atom. The third-order valence-corrected chi connectivity index (χ3v) is 4.81. The number of rotatable bonds is 6. The van der Waals surface area contributed by atoms with E-state index in [4.69, 9.17) is 10.5 Å². The molecule has 0 spiro atoms. The van der Waals surface area contributed by atoms with Crippen molar-refractivity contribution in [2.45, 2.75) is 6.42 Å². The Morgan fingerprint density at radius 3 is 2.55 bits per heavy atom. The largest absolute Gasteiger partial charge is 0.484 e. The summed E-state index contributed by atoms with van der Waals surface area (Å²) >= 11 is 0. The molecule has 3 aromatic rings. The minimum atomic E-state index is -0.570. The van der Waals surface area contributed by atoms with E-state index in [9.17, 15) is 9.59 Å². The van der Waals surface area contributed by atoms with Gasteiger partial charge in [-0.15, -0.1) is 0 Å². The van der Waals surface area contributed by atoms with E-state index in [-0.39, 0.29) is 12.5 Å². The Labute approximate surface area is 168 Å². The van der Waals surface area contributed by atoms with Gasteiger partial charge in [-0.3, -0.25) is 9.59 Å². The Kier molecular flexibility index (Phi) is 5.16. The topological polar surface area (TPSA) is 84.7 Å². The molecule has 0 fully saturated rings. The molecule has 6 nitrogen and oxygen atoms in total. The molecule has 4 rings (SSSR count). The normalized spacial score (nSPS) is 12.3. The third-order valence-electron chi connectivity index (χ3n) is 4.81. The molecule has 0 saturated heterocycles. The summed E-state index contributed by atoms with van der Waals surface area (Å²) in [5.41, 5.74) is 9.68. The van der Waals surface area contributed by atoms with Crippen molar-refractivity contribution in [3.05, 3.63) is 83.9 Å². The number of nitrogens with zero attached hydrogens (tertiary/aromatic N) is 1. The van der Waals surface area contributed by atoms with Crippen molar-refractivity contribution < 1.29 is 14.3 Å². The Morgan fingerprint density at radius 1 is 0.966 bits per heavy atom. The first kappa shape index (κ1) is 18.6.